The Morgan fingerprint density at radius 2 is 1.88 bits per heavy atom. The molecule has 0 aromatic heterocycles. The van der Waals surface area contributed by atoms with Gasteiger partial charge in [-0.2, -0.15) is 0 Å². The summed E-state index contributed by atoms with van der Waals surface area (Å²) in [6.45, 7) is 7.52. The average molecular weight is 235 g/mol. The second-order valence-corrected chi connectivity index (χ2v) is 5.26. The molecule has 3 heteroatoms. The number of carbonyl (C=O) groups is 1. The zero-order valence-corrected chi connectivity index (χ0v) is 10.9. The topological polar surface area (TPSA) is 49.3 Å². The first-order valence-corrected chi connectivity index (χ1v) is 5.87. The summed E-state index contributed by atoms with van der Waals surface area (Å²) in [6, 6.07) is 7.44. The lowest BCUT2D eigenvalue weighted by Gasteiger charge is -2.27. The van der Waals surface area contributed by atoms with Crippen LogP contribution in [0.5, 0.6) is 0 Å². The number of aliphatic hydroxyl groups excluding tert-OH is 1. The third-order valence-electron chi connectivity index (χ3n) is 2.57. The highest BCUT2D eigenvalue weighted by Gasteiger charge is 2.22. The molecule has 1 amide bonds. The van der Waals surface area contributed by atoms with Crippen molar-refractivity contribution in [2.75, 3.05) is 0 Å². The van der Waals surface area contributed by atoms with Crippen LogP contribution in [0.3, 0.4) is 0 Å². The molecule has 0 aliphatic heterocycles. The van der Waals surface area contributed by atoms with E-state index in [0.717, 1.165) is 5.56 Å². The van der Waals surface area contributed by atoms with Crippen molar-refractivity contribution in [2.24, 2.45) is 0 Å². The van der Waals surface area contributed by atoms with Crippen molar-refractivity contribution >= 4 is 5.91 Å². The molecular weight excluding hydrogens is 214 g/mol. The second-order valence-electron chi connectivity index (χ2n) is 5.26. The zero-order chi connectivity index (χ0) is 13.1. The van der Waals surface area contributed by atoms with Gasteiger partial charge in [-0.3, -0.25) is 4.79 Å². The molecule has 3 nitrogen and oxygen atoms in total. The maximum atomic E-state index is 12.0. The fourth-order valence-corrected chi connectivity index (χ4v) is 1.87. The molecule has 0 spiro atoms. The molecule has 1 atom stereocenters. The molecular formula is C14H21NO2. The molecule has 0 aliphatic rings. The summed E-state index contributed by atoms with van der Waals surface area (Å²) < 4.78 is 0. The van der Waals surface area contributed by atoms with Crippen LogP contribution in [0.2, 0.25) is 0 Å². The fraction of sp³-hybridized carbons (Fsp3) is 0.500. The van der Waals surface area contributed by atoms with E-state index in [1.54, 1.807) is 6.92 Å². The first kappa shape index (κ1) is 13.7. The van der Waals surface area contributed by atoms with Gasteiger partial charge in [0.05, 0.1) is 6.10 Å². The highest BCUT2D eigenvalue weighted by atomic mass is 16.3. The molecule has 1 unspecified atom stereocenters. The van der Waals surface area contributed by atoms with Crippen LogP contribution in [-0.4, -0.2) is 22.7 Å². The molecule has 0 saturated heterocycles. The average Bonchev–Trinajstić information content (AvgIpc) is 2.15. The number of hydrogen-bond acceptors (Lipinski definition) is 2. The quantitative estimate of drug-likeness (QED) is 0.841. The summed E-state index contributed by atoms with van der Waals surface area (Å²) in [5, 5.41) is 12.3. The summed E-state index contributed by atoms with van der Waals surface area (Å²) in [6.07, 6.45) is 0.105. The van der Waals surface area contributed by atoms with E-state index in [9.17, 15) is 9.90 Å². The summed E-state index contributed by atoms with van der Waals surface area (Å²) in [7, 11) is 0. The maximum Gasteiger partial charge on any atom is 0.251 e. The zero-order valence-electron chi connectivity index (χ0n) is 10.9. The van der Waals surface area contributed by atoms with Gasteiger partial charge in [-0.25, -0.2) is 0 Å². The Morgan fingerprint density at radius 1 is 1.35 bits per heavy atom. The third-order valence-corrected chi connectivity index (χ3v) is 2.57. The van der Waals surface area contributed by atoms with Crippen LogP contribution in [0.15, 0.2) is 24.3 Å². The van der Waals surface area contributed by atoms with E-state index in [1.165, 1.54) is 0 Å². The molecule has 94 valence electrons. The van der Waals surface area contributed by atoms with Crippen molar-refractivity contribution in [3.63, 3.8) is 0 Å². The van der Waals surface area contributed by atoms with Gasteiger partial charge in [0.15, 0.2) is 0 Å². The van der Waals surface area contributed by atoms with Crippen molar-refractivity contribution in [3.8, 4) is 0 Å². The van der Waals surface area contributed by atoms with Gasteiger partial charge in [0.1, 0.15) is 0 Å². The van der Waals surface area contributed by atoms with Crippen molar-refractivity contribution in [1.82, 2.24) is 5.32 Å². The minimum atomic E-state index is -0.427. The van der Waals surface area contributed by atoms with E-state index in [1.807, 2.05) is 45.0 Å². The number of carbonyl (C=O) groups excluding carboxylic acids is 1. The van der Waals surface area contributed by atoms with E-state index < -0.39 is 11.6 Å². The first-order valence-electron chi connectivity index (χ1n) is 5.87. The van der Waals surface area contributed by atoms with Gasteiger partial charge in [-0.15, -0.1) is 0 Å². The minimum absolute atomic E-state index is 0.101. The molecule has 2 N–H and O–H groups in total. The highest BCUT2D eigenvalue weighted by molar-refractivity contribution is 5.94. The lowest BCUT2D eigenvalue weighted by molar-refractivity contribution is 0.0870. The predicted molar refractivity (Wildman–Crippen MR) is 69.0 cm³/mol. The molecule has 17 heavy (non-hydrogen) atoms. The molecule has 0 aliphatic carbocycles. The smallest absolute Gasteiger partial charge is 0.251 e. The fourth-order valence-electron chi connectivity index (χ4n) is 1.87. The van der Waals surface area contributed by atoms with E-state index in [4.69, 9.17) is 0 Å². The normalized spacial score (nSPS) is 13.2. The van der Waals surface area contributed by atoms with Crippen molar-refractivity contribution in [3.05, 3.63) is 35.4 Å². The lowest BCUT2D eigenvalue weighted by atomic mass is 9.96. The summed E-state index contributed by atoms with van der Waals surface area (Å²) in [4.78, 5) is 12.0. The first-order chi connectivity index (χ1) is 7.80. The summed E-state index contributed by atoms with van der Waals surface area (Å²) in [5.41, 5.74) is 1.37. The largest absolute Gasteiger partial charge is 0.393 e. The van der Waals surface area contributed by atoms with Crippen LogP contribution in [0, 0.1) is 6.92 Å². The molecule has 1 rings (SSSR count). The molecule has 0 bridgehead atoms. The predicted octanol–water partition coefficient (Wildman–Crippen LogP) is 2.27. The summed E-state index contributed by atoms with van der Waals surface area (Å²) >= 11 is 0. The van der Waals surface area contributed by atoms with Crippen LogP contribution in [-0.2, 0) is 0 Å². The van der Waals surface area contributed by atoms with Crippen LogP contribution in [0.1, 0.15) is 43.1 Å². The van der Waals surface area contributed by atoms with Gasteiger partial charge >= 0.3 is 0 Å². The SMILES string of the molecule is Cc1ccc(C(=O)NC(C)(C)CC(C)O)cc1. The number of rotatable bonds is 4. The Hall–Kier alpha value is -1.35. The van der Waals surface area contributed by atoms with Gasteiger partial charge < -0.3 is 10.4 Å². The summed E-state index contributed by atoms with van der Waals surface area (Å²) in [5.74, 6) is -0.101. The molecule has 0 saturated carbocycles. The van der Waals surface area contributed by atoms with E-state index in [-0.39, 0.29) is 5.91 Å². The Kier molecular flexibility index (Phi) is 4.29. The molecule has 0 fully saturated rings. The maximum absolute atomic E-state index is 12.0. The van der Waals surface area contributed by atoms with Crippen molar-refractivity contribution < 1.29 is 9.90 Å². The lowest BCUT2D eigenvalue weighted by Crippen LogP contribution is -2.45. The van der Waals surface area contributed by atoms with E-state index in [0.29, 0.717) is 12.0 Å². The van der Waals surface area contributed by atoms with Crippen LogP contribution in [0.25, 0.3) is 0 Å². The van der Waals surface area contributed by atoms with Crippen molar-refractivity contribution in [2.45, 2.75) is 45.8 Å². The van der Waals surface area contributed by atoms with E-state index >= 15 is 0 Å². The second kappa shape index (κ2) is 5.32. The number of aliphatic hydroxyl groups is 1. The van der Waals surface area contributed by atoms with Gasteiger partial charge in [-0.1, -0.05) is 17.7 Å². The highest BCUT2D eigenvalue weighted by Crippen LogP contribution is 2.13. The number of amides is 1. The standard InChI is InChI=1S/C14H21NO2/c1-10-5-7-12(8-6-10)13(17)15-14(3,4)9-11(2)16/h5-8,11,16H,9H2,1-4H3,(H,15,17). The molecule has 0 heterocycles. The number of aryl methyl sites for hydroxylation is 1. The molecule has 1 aromatic rings. The van der Waals surface area contributed by atoms with Gasteiger partial charge in [0.25, 0.3) is 5.91 Å². The number of nitrogens with one attached hydrogen (secondary N) is 1. The van der Waals surface area contributed by atoms with Gasteiger partial charge in [-0.05, 0) is 46.2 Å². The van der Waals surface area contributed by atoms with E-state index in [2.05, 4.69) is 5.32 Å². The number of benzene rings is 1. The van der Waals surface area contributed by atoms with Crippen LogP contribution >= 0.6 is 0 Å². The molecule has 1 aromatic carbocycles. The van der Waals surface area contributed by atoms with Gasteiger partial charge in [0.2, 0.25) is 0 Å². The van der Waals surface area contributed by atoms with Crippen molar-refractivity contribution in [1.29, 1.82) is 0 Å². The Labute approximate surface area is 103 Å². The molecule has 0 radical (unpaired) electrons. The van der Waals surface area contributed by atoms with Crippen LogP contribution in [0.4, 0.5) is 0 Å². The van der Waals surface area contributed by atoms with Crippen LogP contribution < -0.4 is 5.32 Å². The Balaban J connectivity index is 2.69. The van der Waals surface area contributed by atoms with Gasteiger partial charge in [0, 0.05) is 11.1 Å². The Morgan fingerprint density at radius 3 is 2.35 bits per heavy atom. The monoisotopic (exact) mass is 235 g/mol. The number of hydrogen-bond donors (Lipinski definition) is 2. The minimum Gasteiger partial charge on any atom is -0.393 e. The third kappa shape index (κ3) is 4.57. The Bertz CT molecular complexity index is 380.